The molecule has 1 aromatic heterocycles. The van der Waals surface area contributed by atoms with Crippen LogP contribution in [0.3, 0.4) is 0 Å². The number of nitrogens with zero attached hydrogens (tertiary/aromatic N) is 2. The van der Waals surface area contributed by atoms with Gasteiger partial charge in [-0.05, 0) is 60.0 Å². The first kappa shape index (κ1) is 20.8. The summed E-state index contributed by atoms with van der Waals surface area (Å²) in [5.74, 6) is -0.447. The van der Waals surface area contributed by atoms with Gasteiger partial charge in [-0.2, -0.15) is 0 Å². The van der Waals surface area contributed by atoms with Crippen molar-refractivity contribution >= 4 is 38.9 Å². The minimum atomic E-state index is -3.65. The number of anilines is 2. The van der Waals surface area contributed by atoms with Gasteiger partial charge in [-0.1, -0.05) is 29.8 Å². The maximum atomic E-state index is 12.4. The topological polar surface area (TPSA) is 79.4 Å². The lowest BCUT2D eigenvalue weighted by atomic mass is 10.1. The van der Waals surface area contributed by atoms with Crippen molar-refractivity contribution in [3.05, 3.63) is 89.2 Å². The van der Waals surface area contributed by atoms with Crippen molar-refractivity contribution in [3.63, 3.8) is 0 Å². The van der Waals surface area contributed by atoms with Crippen LogP contribution in [0.15, 0.2) is 73.1 Å². The minimum Gasteiger partial charge on any atom is -0.325 e. The first-order valence-corrected chi connectivity index (χ1v) is 11.0. The smallest absolute Gasteiger partial charge is 0.245 e. The fourth-order valence-corrected chi connectivity index (χ4v) is 3.84. The van der Waals surface area contributed by atoms with Gasteiger partial charge in [0.05, 0.1) is 11.9 Å². The molecule has 6 nitrogen and oxygen atoms in total. The van der Waals surface area contributed by atoms with Crippen LogP contribution in [0, 0.1) is 0 Å². The van der Waals surface area contributed by atoms with E-state index in [2.05, 4.69) is 10.3 Å². The maximum absolute atomic E-state index is 12.4. The summed E-state index contributed by atoms with van der Waals surface area (Å²) in [6.45, 7) is -0.349. The number of aromatic nitrogens is 1. The minimum absolute atomic E-state index is 0.336. The Balaban J connectivity index is 1.67. The van der Waals surface area contributed by atoms with Crippen molar-refractivity contribution in [2.24, 2.45) is 0 Å². The predicted octanol–water partition coefficient (Wildman–Crippen LogP) is 3.73. The van der Waals surface area contributed by atoms with Crippen molar-refractivity contribution in [1.82, 2.24) is 4.98 Å². The Labute approximate surface area is 175 Å². The van der Waals surface area contributed by atoms with Crippen LogP contribution < -0.4 is 9.62 Å². The molecule has 150 valence electrons. The molecule has 1 N–H and O–H groups in total. The number of hydrogen-bond donors (Lipinski definition) is 1. The molecule has 8 heteroatoms. The van der Waals surface area contributed by atoms with E-state index < -0.39 is 15.9 Å². The van der Waals surface area contributed by atoms with E-state index in [-0.39, 0.29) is 6.54 Å². The Kier molecular flexibility index (Phi) is 6.51. The highest BCUT2D eigenvalue weighted by molar-refractivity contribution is 7.92. The number of benzene rings is 2. The van der Waals surface area contributed by atoms with Gasteiger partial charge in [-0.3, -0.25) is 14.1 Å². The molecule has 0 bridgehead atoms. The van der Waals surface area contributed by atoms with E-state index in [1.807, 2.05) is 24.3 Å². The number of hydrogen-bond acceptors (Lipinski definition) is 4. The van der Waals surface area contributed by atoms with Gasteiger partial charge in [-0.25, -0.2) is 8.42 Å². The Morgan fingerprint density at radius 1 is 1.03 bits per heavy atom. The summed E-state index contributed by atoms with van der Waals surface area (Å²) >= 11 is 5.95. The van der Waals surface area contributed by atoms with Crippen LogP contribution in [0.5, 0.6) is 0 Å². The van der Waals surface area contributed by atoms with Crippen LogP contribution in [0.2, 0.25) is 5.02 Å². The standard InChI is InChI=1S/C21H20ClN3O3S/c1-29(27,28)25(20-4-2-3-18(22)14-20)15-21(26)24-19-7-5-16(6-8-19)13-17-9-11-23-12-10-17/h2-12,14H,13,15H2,1H3,(H,24,26). The molecule has 0 fully saturated rings. The molecule has 2 aromatic carbocycles. The normalized spacial score (nSPS) is 11.1. The first-order chi connectivity index (χ1) is 13.8. The number of halogens is 1. The lowest BCUT2D eigenvalue weighted by Gasteiger charge is -2.22. The molecular formula is C21H20ClN3O3S. The van der Waals surface area contributed by atoms with E-state index in [1.54, 1.807) is 42.7 Å². The molecular weight excluding hydrogens is 410 g/mol. The molecule has 0 aliphatic rings. The Hall–Kier alpha value is -2.90. The Bertz CT molecular complexity index is 1090. The molecule has 3 aromatic rings. The van der Waals surface area contributed by atoms with E-state index in [0.29, 0.717) is 16.4 Å². The lowest BCUT2D eigenvalue weighted by molar-refractivity contribution is -0.114. The molecule has 0 radical (unpaired) electrons. The third kappa shape index (κ3) is 6.04. The van der Waals surface area contributed by atoms with Gasteiger partial charge < -0.3 is 5.32 Å². The number of amides is 1. The van der Waals surface area contributed by atoms with Crippen molar-refractivity contribution in [2.45, 2.75) is 6.42 Å². The second kappa shape index (κ2) is 9.07. The molecule has 0 saturated carbocycles. The average molecular weight is 430 g/mol. The summed E-state index contributed by atoms with van der Waals surface area (Å²) in [5.41, 5.74) is 3.16. The van der Waals surface area contributed by atoms with Gasteiger partial charge in [0, 0.05) is 23.1 Å². The second-order valence-corrected chi connectivity index (χ2v) is 8.87. The highest BCUT2D eigenvalue weighted by Gasteiger charge is 2.21. The zero-order valence-corrected chi connectivity index (χ0v) is 17.3. The number of carbonyl (C=O) groups excluding carboxylic acids is 1. The van der Waals surface area contributed by atoms with E-state index >= 15 is 0 Å². The molecule has 0 aliphatic carbocycles. The summed E-state index contributed by atoms with van der Waals surface area (Å²) in [6.07, 6.45) is 5.30. The number of rotatable bonds is 7. The SMILES string of the molecule is CS(=O)(=O)N(CC(=O)Nc1ccc(Cc2ccncc2)cc1)c1cccc(Cl)c1. The van der Waals surface area contributed by atoms with Crippen molar-refractivity contribution in [2.75, 3.05) is 22.4 Å². The summed E-state index contributed by atoms with van der Waals surface area (Å²) in [7, 11) is -3.65. The largest absolute Gasteiger partial charge is 0.325 e. The molecule has 1 heterocycles. The second-order valence-electron chi connectivity index (χ2n) is 6.53. The first-order valence-electron chi connectivity index (χ1n) is 8.82. The van der Waals surface area contributed by atoms with E-state index in [1.165, 1.54) is 6.07 Å². The summed E-state index contributed by atoms with van der Waals surface area (Å²) in [4.78, 5) is 16.4. The van der Waals surface area contributed by atoms with Crippen LogP contribution >= 0.6 is 11.6 Å². The average Bonchev–Trinajstić information content (AvgIpc) is 2.68. The summed E-state index contributed by atoms with van der Waals surface area (Å²) in [5, 5.41) is 3.12. The van der Waals surface area contributed by atoms with Crippen molar-refractivity contribution < 1.29 is 13.2 Å². The predicted molar refractivity (Wildman–Crippen MR) is 116 cm³/mol. The van der Waals surface area contributed by atoms with Crippen LogP contribution in [-0.2, 0) is 21.2 Å². The van der Waals surface area contributed by atoms with Crippen LogP contribution in [0.4, 0.5) is 11.4 Å². The number of nitrogens with one attached hydrogen (secondary N) is 1. The zero-order valence-electron chi connectivity index (χ0n) is 15.7. The summed E-state index contributed by atoms with van der Waals surface area (Å²) in [6, 6.07) is 17.7. The Morgan fingerprint density at radius 2 is 1.69 bits per heavy atom. The molecule has 29 heavy (non-hydrogen) atoms. The third-order valence-electron chi connectivity index (χ3n) is 4.18. The Morgan fingerprint density at radius 3 is 2.31 bits per heavy atom. The number of sulfonamides is 1. The lowest BCUT2D eigenvalue weighted by Crippen LogP contribution is -2.37. The maximum Gasteiger partial charge on any atom is 0.245 e. The van der Waals surface area contributed by atoms with Gasteiger partial charge in [0.1, 0.15) is 6.54 Å². The molecule has 0 atom stereocenters. The molecule has 1 amide bonds. The molecule has 0 saturated heterocycles. The van der Waals surface area contributed by atoms with E-state index in [9.17, 15) is 13.2 Å². The van der Waals surface area contributed by atoms with Gasteiger partial charge in [0.15, 0.2) is 0 Å². The van der Waals surface area contributed by atoms with Gasteiger partial charge in [0.2, 0.25) is 15.9 Å². The highest BCUT2D eigenvalue weighted by atomic mass is 35.5. The van der Waals surface area contributed by atoms with Gasteiger partial charge >= 0.3 is 0 Å². The number of carbonyl (C=O) groups is 1. The fraction of sp³-hybridized carbons (Fsp3) is 0.143. The third-order valence-corrected chi connectivity index (χ3v) is 5.55. The molecule has 3 rings (SSSR count). The monoisotopic (exact) mass is 429 g/mol. The van der Waals surface area contributed by atoms with Crippen LogP contribution in [-0.4, -0.2) is 32.1 Å². The van der Waals surface area contributed by atoms with Crippen LogP contribution in [0.1, 0.15) is 11.1 Å². The fourth-order valence-electron chi connectivity index (χ4n) is 2.80. The molecule has 0 aliphatic heterocycles. The highest BCUT2D eigenvalue weighted by Crippen LogP contribution is 2.22. The van der Waals surface area contributed by atoms with Gasteiger partial charge in [-0.15, -0.1) is 0 Å². The van der Waals surface area contributed by atoms with Gasteiger partial charge in [0.25, 0.3) is 0 Å². The van der Waals surface area contributed by atoms with Crippen molar-refractivity contribution in [3.8, 4) is 0 Å². The van der Waals surface area contributed by atoms with E-state index in [4.69, 9.17) is 11.6 Å². The number of pyridine rings is 1. The van der Waals surface area contributed by atoms with Crippen molar-refractivity contribution in [1.29, 1.82) is 0 Å². The summed E-state index contributed by atoms with van der Waals surface area (Å²) < 4.78 is 25.3. The zero-order chi connectivity index (χ0) is 20.9. The quantitative estimate of drug-likeness (QED) is 0.620. The molecule has 0 unspecified atom stereocenters. The van der Waals surface area contributed by atoms with E-state index in [0.717, 1.165) is 28.1 Å². The molecule has 0 spiro atoms. The van der Waals surface area contributed by atoms with Crippen LogP contribution in [0.25, 0.3) is 0 Å².